The van der Waals surface area contributed by atoms with Gasteiger partial charge in [0.25, 0.3) is 0 Å². The summed E-state index contributed by atoms with van der Waals surface area (Å²) < 4.78 is 28.7. The fraction of sp³-hybridized carbons (Fsp3) is 0.571. The molecule has 112 valence electrons. The first-order valence-electron chi connectivity index (χ1n) is 6.77. The molecule has 1 saturated carbocycles. The number of benzene rings is 1. The number of sulfonamides is 1. The van der Waals surface area contributed by atoms with Gasteiger partial charge in [0.05, 0.1) is 11.8 Å². The van der Waals surface area contributed by atoms with Crippen LogP contribution >= 0.6 is 0 Å². The van der Waals surface area contributed by atoms with Gasteiger partial charge in [-0.3, -0.25) is 0 Å². The Labute approximate surface area is 120 Å². The van der Waals surface area contributed by atoms with Crippen LogP contribution in [0.4, 0.5) is 5.69 Å². The SMILES string of the molecule is CC1(C)CCC(Oc2cccc(S(N)(=O)=O)c2N)CC1. The van der Waals surface area contributed by atoms with Crippen LogP contribution in [-0.4, -0.2) is 14.5 Å². The number of hydrogen-bond acceptors (Lipinski definition) is 4. The summed E-state index contributed by atoms with van der Waals surface area (Å²) in [7, 11) is -3.82. The zero-order valence-corrected chi connectivity index (χ0v) is 12.7. The Morgan fingerprint density at radius 1 is 1.25 bits per heavy atom. The van der Waals surface area contributed by atoms with Crippen molar-refractivity contribution in [2.24, 2.45) is 10.6 Å². The lowest BCUT2D eigenvalue weighted by Gasteiger charge is -2.34. The molecule has 20 heavy (non-hydrogen) atoms. The summed E-state index contributed by atoms with van der Waals surface area (Å²) in [6.45, 7) is 4.50. The first-order chi connectivity index (χ1) is 9.19. The fourth-order valence-corrected chi connectivity index (χ4v) is 3.22. The molecular weight excluding hydrogens is 276 g/mol. The van der Waals surface area contributed by atoms with Gasteiger partial charge >= 0.3 is 0 Å². The highest BCUT2D eigenvalue weighted by atomic mass is 32.2. The van der Waals surface area contributed by atoms with E-state index in [1.165, 1.54) is 6.07 Å². The van der Waals surface area contributed by atoms with E-state index in [4.69, 9.17) is 15.6 Å². The average Bonchev–Trinajstić information content (AvgIpc) is 2.33. The molecule has 0 heterocycles. The maximum atomic E-state index is 11.4. The summed E-state index contributed by atoms with van der Waals surface area (Å²) in [6, 6.07) is 4.67. The molecule has 0 aliphatic heterocycles. The van der Waals surface area contributed by atoms with Crippen molar-refractivity contribution in [1.29, 1.82) is 0 Å². The predicted molar refractivity (Wildman–Crippen MR) is 78.9 cm³/mol. The molecule has 0 spiro atoms. The topological polar surface area (TPSA) is 95.4 Å². The van der Waals surface area contributed by atoms with E-state index < -0.39 is 10.0 Å². The number of para-hydroxylation sites is 1. The van der Waals surface area contributed by atoms with Gasteiger partial charge in [-0.15, -0.1) is 0 Å². The van der Waals surface area contributed by atoms with E-state index >= 15 is 0 Å². The molecule has 1 aromatic carbocycles. The second-order valence-corrected chi connectivity index (χ2v) is 7.72. The van der Waals surface area contributed by atoms with Crippen molar-refractivity contribution in [2.45, 2.75) is 50.5 Å². The molecular formula is C14H22N2O3S. The van der Waals surface area contributed by atoms with Gasteiger partial charge in [0.2, 0.25) is 10.0 Å². The van der Waals surface area contributed by atoms with Gasteiger partial charge in [0, 0.05) is 0 Å². The van der Waals surface area contributed by atoms with E-state index in [-0.39, 0.29) is 16.7 Å². The predicted octanol–water partition coefficient (Wildman–Crippen LogP) is 2.26. The van der Waals surface area contributed by atoms with Crippen LogP contribution in [-0.2, 0) is 10.0 Å². The van der Waals surface area contributed by atoms with Gasteiger partial charge in [-0.05, 0) is 43.2 Å². The third-order valence-corrected chi connectivity index (χ3v) is 4.88. The lowest BCUT2D eigenvalue weighted by molar-refractivity contribution is 0.0992. The molecule has 5 nitrogen and oxygen atoms in total. The standard InChI is InChI=1S/C14H22N2O3S/c1-14(2)8-6-10(7-9-14)19-11-4-3-5-12(13(11)15)20(16,17)18/h3-5,10H,6-9,15H2,1-2H3,(H2,16,17,18). The van der Waals surface area contributed by atoms with E-state index in [1.807, 2.05) is 0 Å². The molecule has 6 heteroatoms. The Balaban J connectivity index is 2.15. The molecule has 1 aliphatic carbocycles. The minimum atomic E-state index is -3.82. The Kier molecular flexibility index (Phi) is 3.97. The van der Waals surface area contributed by atoms with Crippen LogP contribution < -0.4 is 15.6 Å². The third kappa shape index (κ3) is 3.43. The van der Waals surface area contributed by atoms with E-state index in [2.05, 4.69) is 13.8 Å². The number of hydrogen-bond donors (Lipinski definition) is 2. The number of rotatable bonds is 3. The summed E-state index contributed by atoms with van der Waals surface area (Å²) in [4.78, 5) is -0.0776. The third-order valence-electron chi connectivity index (χ3n) is 3.91. The Hall–Kier alpha value is -1.27. The summed E-state index contributed by atoms with van der Waals surface area (Å²) in [6.07, 6.45) is 4.16. The van der Waals surface area contributed by atoms with Gasteiger partial charge in [-0.25, -0.2) is 13.6 Å². The van der Waals surface area contributed by atoms with Crippen LogP contribution in [0.15, 0.2) is 23.1 Å². The maximum absolute atomic E-state index is 11.4. The highest BCUT2D eigenvalue weighted by molar-refractivity contribution is 7.89. The van der Waals surface area contributed by atoms with Gasteiger partial charge < -0.3 is 10.5 Å². The molecule has 0 saturated heterocycles. The number of ether oxygens (including phenoxy) is 1. The van der Waals surface area contributed by atoms with E-state index in [0.717, 1.165) is 25.7 Å². The smallest absolute Gasteiger partial charge is 0.240 e. The fourth-order valence-electron chi connectivity index (χ4n) is 2.54. The molecule has 0 unspecified atom stereocenters. The average molecular weight is 298 g/mol. The highest BCUT2D eigenvalue weighted by Crippen LogP contribution is 2.38. The number of primary sulfonamides is 1. The quantitative estimate of drug-likeness (QED) is 0.837. The first-order valence-corrected chi connectivity index (χ1v) is 8.32. The molecule has 1 aromatic rings. The Morgan fingerprint density at radius 3 is 2.40 bits per heavy atom. The summed E-state index contributed by atoms with van der Waals surface area (Å²) >= 11 is 0. The number of anilines is 1. The monoisotopic (exact) mass is 298 g/mol. The van der Waals surface area contributed by atoms with Crippen molar-refractivity contribution in [3.05, 3.63) is 18.2 Å². The summed E-state index contributed by atoms with van der Waals surface area (Å²) in [5.74, 6) is 0.404. The van der Waals surface area contributed by atoms with Gasteiger partial charge in [0.1, 0.15) is 10.6 Å². The van der Waals surface area contributed by atoms with Crippen molar-refractivity contribution in [2.75, 3.05) is 5.73 Å². The summed E-state index contributed by atoms with van der Waals surface area (Å²) in [5, 5.41) is 5.13. The van der Waals surface area contributed by atoms with Gasteiger partial charge in [0.15, 0.2) is 0 Å². The van der Waals surface area contributed by atoms with Crippen LogP contribution in [0.1, 0.15) is 39.5 Å². The van der Waals surface area contributed by atoms with Crippen molar-refractivity contribution in [1.82, 2.24) is 0 Å². The maximum Gasteiger partial charge on any atom is 0.240 e. The van der Waals surface area contributed by atoms with Gasteiger partial charge in [-0.2, -0.15) is 0 Å². The molecule has 0 radical (unpaired) electrons. The minimum Gasteiger partial charge on any atom is -0.488 e. The molecule has 0 bridgehead atoms. The van der Waals surface area contributed by atoms with Crippen molar-refractivity contribution >= 4 is 15.7 Å². The molecule has 2 rings (SSSR count). The lowest BCUT2D eigenvalue weighted by Crippen LogP contribution is -2.28. The van der Waals surface area contributed by atoms with E-state index in [1.54, 1.807) is 12.1 Å². The van der Waals surface area contributed by atoms with Gasteiger partial charge in [-0.1, -0.05) is 19.9 Å². The van der Waals surface area contributed by atoms with Crippen LogP contribution in [0.25, 0.3) is 0 Å². The first kappa shape index (κ1) is 15.1. The number of nitrogen functional groups attached to an aromatic ring is 1. The van der Waals surface area contributed by atoms with Crippen molar-refractivity contribution in [3.8, 4) is 5.75 Å². The molecule has 1 aliphatic rings. The van der Waals surface area contributed by atoms with E-state index in [9.17, 15) is 8.42 Å². The lowest BCUT2D eigenvalue weighted by atomic mass is 9.76. The highest BCUT2D eigenvalue weighted by Gasteiger charge is 2.28. The van der Waals surface area contributed by atoms with Crippen molar-refractivity contribution in [3.63, 3.8) is 0 Å². The minimum absolute atomic E-state index is 0.0776. The molecule has 4 N–H and O–H groups in total. The second kappa shape index (κ2) is 5.26. The van der Waals surface area contributed by atoms with Crippen LogP contribution in [0.5, 0.6) is 5.75 Å². The molecule has 1 fully saturated rings. The zero-order chi connectivity index (χ0) is 15.0. The molecule has 0 aromatic heterocycles. The molecule has 0 atom stereocenters. The van der Waals surface area contributed by atoms with Crippen LogP contribution in [0, 0.1) is 5.41 Å². The Morgan fingerprint density at radius 2 is 1.85 bits per heavy atom. The van der Waals surface area contributed by atoms with E-state index in [0.29, 0.717) is 11.2 Å². The summed E-state index contributed by atoms with van der Waals surface area (Å²) in [5.41, 5.74) is 6.31. The van der Waals surface area contributed by atoms with Crippen LogP contribution in [0.3, 0.4) is 0 Å². The Bertz CT molecular complexity index is 586. The van der Waals surface area contributed by atoms with Crippen LogP contribution in [0.2, 0.25) is 0 Å². The largest absolute Gasteiger partial charge is 0.488 e. The normalized spacial score (nSPS) is 19.8. The zero-order valence-electron chi connectivity index (χ0n) is 11.9. The second-order valence-electron chi connectivity index (χ2n) is 6.19. The molecule has 0 amide bonds. The number of nitrogens with two attached hydrogens (primary N) is 2. The van der Waals surface area contributed by atoms with Crippen molar-refractivity contribution < 1.29 is 13.2 Å².